The van der Waals surface area contributed by atoms with E-state index in [0.717, 1.165) is 18.8 Å². The van der Waals surface area contributed by atoms with Gasteiger partial charge in [0.15, 0.2) is 0 Å². The molecule has 1 fully saturated rings. The Morgan fingerprint density at radius 3 is 2.67 bits per heavy atom. The van der Waals surface area contributed by atoms with Crippen LogP contribution in [0.4, 0.5) is 0 Å². The number of hydrogen-bond donors (Lipinski definition) is 1. The molecule has 0 aromatic carbocycles. The van der Waals surface area contributed by atoms with Crippen molar-refractivity contribution < 1.29 is 9.53 Å². The number of methoxy groups -OCH3 is 1. The normalized spacial score (nSPS) is 29.1. The van der Waals surface area contributed by atoms with Crippen molar-refractivity contribution in [2.75, 3.05) is 12.9 Å². The van der Waals surface area contributed by atoms with E-state index in [4.69, 9.17) is 10.5 Å². The van der Waals surface area contributed by atoms with E-state index in [0.29, 0.717) is 16.4 Å². The summed E-state index contributed by atoms with van der Waals surface area (Å²) in [7, 11) is 1.44. The molecule has 0 aromatic heterocycles. The van der Waals surface area contributed by atoms with Gasteiger partial charge >= 0.3 is 5.97 Å². The lowest BCUT2D eigenvalue weighted by Crippen LogP contribution is -2.42. The highest BCUT2D eigenvalue weighted by atomic mass is 32.2. The summed E-state index contributed by atoms with van der Waals surface area (Å²) >= 11 is 1.67. The summed E-state index contributed by atoms with van der Waals surface area (Å²) in [6, 6.07) is 0.226. The lowest BCUT2D eigenvalue weighted by Gasteiger charge is -2.41. The molecule has 0 amide bonds. The van der Waals surface area contributed by atoms with Gasteiger partial charge in [-0.1, -0.05) is 27.2 Å². The molecule has 0 aliphatic heterocycles. The third-order valence-corrected chi connectivity index (χ3v) is 5.87. The molecule has 1 saturated carbocycles. The summed E-state index contributed by atoms with van der Waals surface area (Å²) in [5.41, 5.74) is 6.56. The Kier molecular flexibility index (Phi) is 5.99. The van der Waals surface area contributed by atoms with E-state index in [1.54, 1.807) is 11.8 Å². The molecule has 3 unspecified atom stereocenters. The summed E-state index contributed by atoms with van der Waals surface area (Å²) in [6.07, 6.45) is 4.62. The maximum atomic E-state index is 11.2. The molecule has 1 aliphatic rings. The molecule has 3 nitrogen and oxygen atoms in total. The Morgan fingerprint density at radius 2 is 2.11 bits per heavy atom. The van der Waals surface area contributed by atoms with Gasteiger partial charge in [0.2, 0.25) is 0 Å². The van der Waals surface area contributed by atoms with E-state index < -0.39 is 0 Å². The van der Waals surface area contributed by atoms with Gasteiger partial charge in [0.05, 0.1) is 12.9 Å². The fourth-order valence-corrected chi connectivity index (χ4v) is 3.80. The van der Waals surface area contributed by atoms with Crippen LogP contribution in [-0.4, -0.2) is 30.1 Å². The zero-order chi connectivity index (χ0) is 13.8. The van der Waals surface area contributed by atoms with Crippen molar-refractivity contribution >= 4 is 17.7 Å². The minimum Gasteiger partial charge on any atom is -0.468 e. The van der Waals surface area contributed by atoms with Crippen molar-refractivity contribution in [3.63, 3.8) is 0 Å². The van der Waals surface area contributed by atoms with E-state index in [-0.39, 0.29) is 12.0 Å². The van der Waals surface area contributed by atoms with Crippen LogP contribution in [0.3, 0.4) is 0 Å². The predicted molar refractivity (Wildman–Crippen MR) is 77.7 cm³/mol. The predicted octanol–water partition coefficient (Wildman–Crippen LogP) is 2.82. The fraction of sp³-hybridized carbons (Fsp3) is 0.929. The number of hydrogen-bond acceptors (Lipinski definition) is 4. The van der Waals surface area contributed by atoms with E-state index in [1.807, 2.05) is 0 Å². The molecule has 0 radical (unpaired) electrons. The smallest absolute Gasteiger partial charge is 0.315 e. The highest BCUT2D eigenvalue weighted by Gasteiger charge is 2.36. The lowest BCUT2D eigenvalue weighted by molar-refractivity contribution is -0.137. The number of esters is 1. The highest BCUT2D eigenvalue weighted by molar-refractivity contribution is 8.00. The van der Waals surface area contributed by atoms with Crippen molar-refractivity contribution in [2.45, 2.75) is 57.7 Å². The maximum Gasteiger partial charge on any atom is 0.315 e. The molecule has 4 heteroatoms. The molecule has 0 heterocycles. The van der Waals surface area contributed by atoms with Crippen molar-refractivity contribution in [3.8, 4) is 0 Å². The molecule has 0 spiro atoms. The SMILES string of the molecule is CCC(C)(C)C1CCC(N)C(SCC(=O)OC)C1. The molecule has 106 valence electrons. The van der Waals surface area contributed by atoms with Crippen LogP contribution >= 0.6 is 11.8 Å². The van der Waals surface area contributed by atoms with Crippen LogP contribution in [0.5, 0.6) is 0 Å². The zero-order valence-electron chi connectivity index (χ0n) is 12.1. The van der Waals surface area contributed by atoms with Crippen molar-refractivity contribution in [1.29, 1.82) is 0 Å². The van der Waals surface area contributed by atoms with Gasteiger partial charge in [-0.15, -0.1) is 11.8 Å². The first-order valence-electron chi connectivity index (χ1n) is 6.84. The third-order valence-electron chi connectivity index (χ3n) is 4.50. The molecular weight excluding hydrogens is 246 g/mol. The largest absolute Gasteiger partial charge is 0.468 e. The molecule has 3 atom stereocenters. The fourth-order valence-electron chi connectivity index (χ4n) is 2.58. The number of carbonyl (C=O) groups excluding carboxylic acids is 1. The maximum absolute atomic E-state index is 11.2. The van der Waals surface area contributed by atoms with Gasteiger partial charge in [0.1, 0.15) is 0 Å². The molecule has 2 N–H and O–H groups in total. The van der Waals surface area contributed by atoms with E-state index >= 15 is 0 Å². The van der Waals surface area contributed by atoms with Crippen molar-refractivity contribution in [3.05, 3.63) is 0 Å². The number of nitrogens with two attached hydrogens (primary N) is 1. The molecule has 18 heavy (non-hydrogen) atoms. The number of thioether (sulfide) groups is 1. The number of carbonyl (C=O) groups is 1. The summed E-state index contributed by atoms with van der Waals surface area (Å²) < 4.78 is 4.69. The van der Waals surface area contributed by atoms with Gasteiger partial charge in [0.25, 0.3) is 0 Å². The van der Waals surface area contributed by atoms with Gasteiger partial charge in [0, 0.05) is 11.3 Å². The number of ether oxygens (including phenoxy) is 1. The second-order valence-electron chi connectivity index (χ2n) is 5.94. The first-order valence-corrected chi connectivity index (χ1v) is 7.89. The molecule has 0 bridgehead atoms. The van der Waals surface area contributed by atoms with Gasteiger partial charge < -0.3 is 10.5 Å². The molecule has 1 aliphatic carbocycles. The average molecular weight is 273 g/mol. The van der Waals surface area contributed by atoms with E-state index in [1.165, 1.54) is 20.0 Å². The summed E-state index contributed by atoms with van der Waals surface area (Å²) in [5, 5.41) is 0.397. The number of rotatable bonds is 5. The van der Waals surface area contributed by atoms with Gasteiger partial charge in [-0.2, -0.15) is 0 Å². The standard InChI is InChI=1S/C14H27NO2S/c1-5-14(2,3)10-6-7-11(15)12(8-10)18-9-13(16)17-4/h10-12H,5-9,15H2,1-4H3. The molecule has 1 rings (SSSR count). The lowest BCUT2D eigenvalue weighted by atomic mass is 9.69. The topological polar surface area (TPSA) is 52.3 Å². The van der Waals surface area contributed by atoms with Crippen LogP contribution in [0.15, 0.2) is 0 Å². The molecule has 0 saturated heterocycles. The van der Waals surface area contributed by atoms with Crippen LogP contribution < -0.4 is 5.73 Å². The van der Waals surface area contributed by atoms with E-state index in [2.05, 4.69) is 20.8 Å². The quantitative estimate of drug-likeness (QED) is 0.783. The minimum atomic E-state index is -0.149. The third kappa shape index (κ3) is 4.16. The van der Waals surface area contributed by atoms with Crippen LogP contribution in [0.2, 0.25) is 0 Å². The summed E-state index contributed by atoms with van der Waals surface area (Å²) in [4.78, 5) is 11.2. The van der Waals surface area contributed by atoms with Crippen molar-refractivity contribution in [1.82, 2.24) is 0 Å². The van der Waals surface area contributed by atoms with E-state index in [9.17, 15) is 4.79 Å². The monoisotopic (exact) mass is 273 g/mol. The highest BCUT2D eigenvalue weighted by Crippen LogP contribution is 2.43. The Balaban J connectivity index is 2.53. The van der Waals surface area contributed by atoms with Crippen LogP contribution in [-0.2, 0) is 9.53 Å². The van der Waals surface area contributed by atoms with Crippen LogP contribution in [0.25, 0.3) is 0 Å². The van der Waals surface area contributed by atoms with Crippen molar-refractivity contribution in [2.24, 2.45) is 17.1 Å². The Morgan fingerprint density at radius 1 is 1.44 bits per heavy atom. The summed E-state index contributed by atoms with van der Waals surface area (Å²) in [5.74, 6) is 0.996. The first kappa shape index (κ1) is 15.8. The Labute approximate surface area is 115 Å². The molecular formula is C14H27NO2S. The zero-order valence-corrected chi connectivity index (χ0v) is 12.9. The minimum absolute atomic E-state index is 0.149. The van der Waals surface area contributed by atoms with Gasteiger partial charge in [-0.3, -0.25) is 4.79 Å². The Bertz CT molecular complexity index is 281. The van der Waals surface area contributed by atoms with Crippen LogP contribution in [0.1, 0.15) is 46.5 Å². The molecule has 0 aromatic rings. The second-order valence-corrected chi connectivity index (χ2v) is 7.17. The summed E-state index contributed by atoms with van der Waals surface area (Å²) in [6.45, 7) is 6.94. The van der Waals surface area contributed by atoms with Gasteiger partial charge in [-0.25, -0.2) is 0 Å². The van der Waals surface area contributed by atoms with Crippen LogP contribution in [0, 0.1) is 11.3 Å². The van der Waals surface area contributed by atoms with Gasteiger partial charge in [-0.05, 0) is 30.6 Å². The second kappa shape index (κ2) is 6.80. The Hall–Kier alpha value is -0.220. The average Bonchev–Trinajstić information content (AvgIpc) is 2.37. The first-order chi connectivity index (χ1) is 8.40.